The second kappa shape index (κ2) is 3.39. The van der Waals surface area contributed by atoms with Crippen molar-refractivity contribution < 1.29 is 9.53 Å². The minimum Gasteiger partial charge on any atom is -0.492 e. The fourth-order valence-electron chi connectivity index (χ4n) is 1.76. The Morgan fingerprint density at radius 3 is 2.86 bits per heavy atom. The van der Waals surface area contributed by atoms with Gasteiger partial charge >= 0.3 is 0 Å². The number of ketones is 1. The molecular formula is C11H11BrO2. The van der Waals surface area contributed by atoms with Crippen molar-refractivity contribution in [2.45, 2.75) is 20.3 Å². The van der Waals surface area contributed by atoms with Crippen LogP contribution in [0.3, 0.4) is 0 Å². The van der Waals surface area contributed by atoms with Crippen LogP contribution >= 0.6 is 15.9 Å². The van der Waals surface area contributed by atoms with Crippen LogP contribution in [0.2, 0.25) is 0 Å². The van der Waals surface area contributed by atoms with Crippen molar-refractivity contribution in [1.82, 2.24) is 0 Å². The molecule has 0 radical (unpaired) electrons. The molecule has 1 aliphatic heterocycles. The molecule has 1 aliphatic rings. The molecule has 1 heterocycles. The highest BCUT2D eigenvalue weighted by Crippen LogP contribution is 2.34. The average molecular weight is 255 g/mol. The van der Waals surface area contributed by atoms with E-state index in [1.807, 2.05) is 19.9 Å². The van der Waals surface area contributed by atoms with Crippen LogP contribution in [0.5, 0.6) is 5.75 Å². The van der Waals surface area contributed by atoms with Crippen LogP contribution in [0.4, 0.5) is 0 Å². The van der Waals surface area contributed by atoms with Crippen molar-refractivity contribution in [2.75, 3.05) is 6.61 Å². The lowest BCUT2D eigenvalue weighted by Gasteiger charge is -2.20. The third kappa shape index (κ3) is 1.36. The fourth-order valence-corrected chi connectivity index (χ4v) is 2.07. The molecule has 1 aromatic carbocycles. The maximum Gasteiger partial charge on any atom is 0.170 e. The van der Waals surface area contributed by atoms with E-state index < -0.39 is 0 Å². The topological polar surface area (TPSA) is 26.3 Å². The highest BCUT2D eigenvalue weighted by molar-refractivity contribution is 9.10. The molecule has 0 saturated carbocycles. The summed E-state index contributed by atoms with van der Waals surface area (Å²) in [5.74, 6) is 0.920. The number of hydrogen-bond donors (Lipinski definition) is 0. The van der Waals surface area contributed by atoms with Gasteiger partial charge < -0.3 is 4.74 Å². The molecule has 14 heavy (non-hydrogen) atoms. The summed E-state index contributed by atoms with van der Waals surface area (Å²) in [7, 11) is 0. The van der Waals surface area contributed by atoms with Gasteiger partial charge in [0.05, 0.1) is 12.2 Å². The minimum absolute atomic E-state index is 0.185. The Morgan fingerprint density at radius 2 is 2.14 bits per heavy atom. The Balaban J connectivity index is 2.70. The van der Waals surface area contributed by atoms with Gasteiger partial charge in [0.15, 0.2) is 5.78 Å². The summed E-state index contributed by atoms with van der Waals surface area (Å²) >= 11 is 3.48. The highest BCUT2D eigenvalue weighted by Gasteiger charge is 2.22. The van der Waals surface area contributed by atoms with Crippen molar-refractivity contribution in [3.05, 3.63) is 27.2 Å². The summed E-state index contributed by atoms with van der Waals surface area (Å²) in [4.78, 5) is 11.7. The Labute approximate surface area is 91.4 Å². The molecule has 0 atom stereocenters. The van der Waals surface area contributed by atoms with E-state index in [2.05, 4.69) is 15.9 Å². The van der Waals surface area contributed by atoms with Gasteiger partial charge in [0.1, 0.15) is 5.75 Å². The molecule has 0 amide bonds. The zero-order valence-electron chi connectivity index (χ0n) is 8.19. The maximum atomic E-state index is 11.7. The Bertz CT molecular complexity index is 410. The third-order valence-electron chi connectivity index (χ3n) is 2.51. The van der Waals surface area contributed by atoms with Gasteiger partial charge in [-0.25, -0.2) is 0 Å². The summed E-state index contributed by atoms with van der Waals surface area (Å²) < 4.78 is 6.48. The van der Waals surface area contributed by atoms with Crippen LogP contribution in [0, 0.1) is 13.8 Å². The summed E-state index contributed by atoms with van der Waals surface area (Å²) in [6.45, 7) is 4.45. The molecule has 74 valence electrons. The number of ether oxygens (including phenoxy) is 1. The monoisotopic (exact) mass is 254 g/mol. The van der Waals surface area contributed by atoms with E-state index in [-0.39, 0.29) is 5.78 Å². The molecule has 2 nitrogen and oxygen atoms in total. The predicted molar refractivity (Wildman–Crippen MR) is 58.1 cm³/mol. The quantitative estimate of drug-likeness (QED) is 0.712. The SMILES string of the molecule is Cc1cc2c(c(C)c1Br)C(=O)CCO2. The number of Topliss-reactive ketones (excluding diaryl/α,β-unsaturated/α-hetero) is 1. The van der Waals surface area contributed by atoms with Crippen molar-refractivity contribution in [2.24, 2.45) is 0 Å². The number of hydrogen-bond acceptors (Lipinski definition) is 2. The normalized spacial score (nSPS) is 14.9. The number of halogens is 1. The van der Waals surface area contributed by atoms with E-state index in [9.17, 15) is 4.79 Å². The first kappa shape index (κ1) is 9.71. The molecule has 0 N–H and O–H groups in total. The Hall–Kier alpha value is -0.830. The molecule has 3 heteroatoms. The molecule has 0 aromatic heterocycles. The zero-order valence-corrected chi connectivity index (χ0v) is 9.77. The van der Waals surface area contributed by atoms with Crippen molar-refractivity contribution in [1.29, 1.82) is 0 Å². The average Bonchev–Trinajstić information content (AvgIpc) is 2.14. The van der Waals surface area contributed by atoms with Crippen LogP contribution in [0.1, 0.15) is 27.9 Å². The van der Waals surface area contributed by atoms with Crippen LogP contribution in [-0.4, -0.2) is 12.4 Å². The number of fused-ring (bicyclic) bond motifs is 1. The fraction of sp³-hybridized carbons (Fsp3) is 0.364. The van der Waals surface area contributed by atoms with Gasteiger partial charge in [0.2, 0.25) is 0 Å². The molecule has 0 bridgehead atoms. The maximum absolute atomic E-state index is 11.7. The molecular weight excluding hydrogens is 244 g/mol. The van der Waals surface area contributed by atoms with Crippen LogP contribution in [-0.2, 0) is 0 Å². The van der Waals surface area contributed by atoms with E-state index in [1.165, 1.54) is 0 Å². The molecule has 0 spiro atoms. The van der Waals surface area contributed by atoms with Gasteiger partial charge in [0.25, 0.3) is 0 Å². The van der Waals surface area contributed by atoms with E-state index in [1.54, 1.807) is 0 Å². The lowest BCUT2D eigenvalue weighted by Crippen LogP contribution is -2.17. The van der Waals surface area contributed by atoms with Gasteiger partial charge in [-0.05, 0) is 31.0 Å². The van der Waals surface area contributed by atoms with Gasteiger partial charge in [-0.15, -0.1) is 0 Å². The van der Waals surface area contributed by atoms with Crippen LogP contribution < -0.4 is 4.74 Å². The molecule has 0 unspecified atom stereocenters. The molecule has 2 rings (SSSR count). The van der Waals surface area contributed by atoms with Crippen molar-refractivity contribution >= 4 is 21.7 Å². The minimum atomic E-state index is 0.185. The first-order valence-electron chi connectivity index (χ1n) is 4.57. The number of benzene rings is 1. The van der Waals surface area contributed by atoms with Crippen molar-refractivity contribution in [3.8, 4) is 5.75 Å². The van der Waals surface area contributed by atoms with Gasteiger partial charge in [0, 0.05) is 10.9 Å². The van der Waals surface area contributed by atoms with Crippen molar-refractivity contribution in [3.63, 3.8) is 0 Å². The molecule has 1 aromatic rings. The second-order valence-electron chi connectivity index (χ2n) is 3.53. The second-order valence-corrected chi connectivity index (χ2v) is 4.32. The lowest BCUT2D eigenvalue weighted by atomic mass is 9.97. The van der Waals surface area contributed by atoms with Gasteiger partial charge in [-0.1, -0.05) is 15.9 Å². The first-order chi connectivity index (χ1) is 6.61. The standard InChI is InChI=1S/C11H11BrO2/c1-6-5-9-10(7(2)11(6)12)8(13)3-4-14-9/h5H,3-4H2,1-2H3. The van der Waals surface area contributed by atoms with E-state index in [4.69, 9.17) is 4.74 Å². The summed E-state index contributed by atoms with van der Waals surface area (Å²) in [6, 6.07) is 1.92. The number of carbonyl (C=O) groups is 1. The van der Waals surface area contributed by atoms with E-state index in [0.717, 1.165) is 26.9 Å². The smallest absolute Gasteiger partial charge is 0.170 e. The molecule has 0 fully saturated rings. The van der Waals surface area contributed by atoms with Crippen LogP contribution in [0.15, 0.2) is 10.5 Å². The van der Waals surface area contributed by atoms with Gasteiger partial charge in [-0.3, -0.25) is 4.79 Å². The number of rotatable bonds is 0. The number of carbonyl (C=O) groups excluding carboxylic acids is 1. The third-order valence-corrected chi connectivity index (χ3v) is 3.73. The largest absolute Gasteiger partial charge is 0.492 e. The van der Waals surface area contributed by atoms with Gasteiger partial charge in [-0.2, -0.15) is 0 Å². The Morgan fingerprint density at radius 1 is 1.43 bits per heavy atom. The molecule has 0 saturated heterocycles. The summed E-state index contributed by atoms with van der Waals surface area (Å²) in [6.07, 6.45) is 0.489. The summed E-state index contributed by atoms with van der Waals surface area (Å²) in [5, 5.41) is 0. The zero-order chi connectivity index (χ0) is 10.3. The first-order valence-corrected chi connectivity index (χ1v) is 5.36. The predicted octanol–water partition coefficient (Wildman–Crippen LogP) is 3.03. The Kier molecular flexibility index (Phi) is 2.35. The molecule has 0 aliphatic carbocycles. The van der Waals surface area contributed by atoms with E-state index in [0.29, 0.717) is 13.0 Å². The number of aryl methyl sites for hydroxylation is 1. The lowest BCUT2D eigenvalue weighted by molar-refractivity contribution is 0.0932. The summed E-state index contributed by atoms with van der Waals surface area (Å²) in [5.41, 5.74) is 2.84. The highest BCUT2D eigenvalue weighted by atomic mass is 79.9. The van der Waals surface area contributed by atoms with Crippen LogP contribution in [0.25, 0.3) is 0 Å². The van der Waals surface area contributed by atoms with E-state index >= 15 is 0 Å².